The lowest BCUT2D eigenvalue weighted by Crippen LogP contribution is -2.12. The minimum atomic E-state index is -1.07. The number of rotatable bonds is 8. The van der Waals surface area contributed by atoms with Crippen LogP contribution >= 0.6 is 0 Å². The summed E-state index contributed by atoms with van der Waals surface area (Å²) in [5, 5.41) is 43.3. The highest BCUT2D eigenvalue weighted by molar-refractivity contribution is 6.06. The molecule has 0 spiro atoms. The first-order valence-corrected chi connectivity index (χ1v) is 15.2. The smallest absolute Gasteiger partial charge is 0.351 e. The Bertz CT molecular complexity index is 2470. The van der Waals surface area contributed by atoms with Gasteiger partial charge < -0.3 is 14.7 Å². The summed E-state index contributed by atoms with van der Waals surface area (Å²) in [7, 11) is 0. The van der Waals surface area contributed by atoms with Gasteiger partial charge in [-0.1, -0.05) is 12.1 Å². The number of azo groups is 2. The molecule has 0 radical (unpaired) electrons. The van der Waals surface area contributed by atoms with Crippen LogP contribution in [0.25, 0.3) is 22.9 Å². The van der Waals surface area contributed by atoms with Gasteiger partial charge in [0.15, 0.2) is 45.9 Å². The summed E-state index contributed by atoms with van der Waals surface area (Å²) in [6.07, 6.45) is 5.52. The topological polar surface area (TPSA) is 246 Å². The lowest BCUT2D eigenvalue weighted by molar-refractivity contribution is 0.0399. The van der Waals surface area contributed by atoms with E-state index in [1.165, 1.54) is 31.0 Å². The fourth-order valence-corrected chi connectivity index (χ4v) is 5.14. The van der Waals surface area contributed by atoms with E-state index >= 15 is 0 Å². The molecule has 2 N–H and O–H groups in total. The highest BCUT2D eigenvalue weighted by atomic mass is 16.6. The van der Waals surface area contributed by atoms with Crippen molar-refractivity contribution in [3.05, 3.63) is 95.3 Å². The van der Waals surface area contributed by atoms with Crippen LogP contribution in [0, 0.1) is 27.7 Å². The second-order valence-electron chi connectivity index (χ2n) is 11.0. The molecule has 0 saturated carbocycles. The van der Waals surface area contributed by atoms with Gasteiger partial charge in [0.1, 0.15) is 22.8 Å². The maximum absolute atomic E-state index is 13.7. The molecule has 8 aromatic heterocycles. The van der Waals surface area contributed by atoms with Gasteiger partial charge >= 0.3 is 11.9 Å². The number of ether oxygens (including phenoxy) is 1. The lowest BCUT2D eigenvalue weighted by atomic mass is 10.3. The van der Waals surface area contributed by atoms with Crippen molar-refractivity contribution in [1.29, 1.82) is 0 Å². The summed E-state index contributed by atoms with van der Waals surface area (Å²) in [4.78, 5) is 42.2. The third kappa shape index (κ3) is 5.48. The first kappa shape index (κ1) is 30.7. The van der Waals surface area contributed by atoms with Gasteiger partial charge in [-0.05, 0) is 52.0 Å². The second-order valence-corrected chi connectivity index (χ2v) is 11.0. The summed E-state index contributed by atoms with van der Waals surface area (Å²) >= 11 is 0. The number of H-pyrrole nitrogens is 2. The minimum Gasteiger partial charge on any atom is -0.385 e. The van der Waals surface area contributed by atoms with Crippen LogP contribution in [-0.4, -0.2) is 81.1 Å². The SMILES string of the molecule is Cc1nn2nc(C)c(N=Nc3c(C(=O)OC(=O)c4cnn(-c5ccccn5)c4N=Nc4c(C)nn5nc(C)[nH]c45)cnn3-c3ccccn3)c2[nH]1. The minimum absolute atomic E-state index is 0.0545. The molecular formula is C30H24N18O3. The van der Waals surface area contributed by atoms with Gasteiger partial charge in [-0.25, -0.2) is 19.6 Å². The molecule has 0 aliphatic rings. The Morgan fingerprint density at radius 1 is 0.627 bits per heavy atom. The number of aromatic amines is 2. The van der Waals surface area contributed by atoms with Crippen molar-refractivity contribution in [2.45, 2.75) is 27.7 Å². The number of pyridine rings is 2. The van der Waals surface area contributed by atoms with Crippen molar-refractivity contribution in [1.82, 2.24) is 69.2 Å². The number of nitrogens with one attached hydrogen (secondary N) is 2. The predicted molar refractivity (Wildman–Crippen MR) is 174 cm³/mol. The monoisotopic (exact) mass is 684 g/mol. The number of aromatic nitrogens is 14. The molecule has 0 fully saturated rings. The molecule has 51 heavy (non-hydrogen) atoms. The zero-order valence-corrected chi connectivity index (χ0v) is 27.2. The Hall–Kier alpha value is -7.58. The first-order valence-electron chi connectivity index (χ1n) is 15.2. The van der Waals surface area contributed by atoms with Crippen LogP contribution in [0.2, 0.25) is 0 Å². The average Bonchev–Trinajstić information content (AvgIpc) is 3.96. The molecule has 0 amide bonds. The van der Waals surface area contributed by atoms with Crippen LogP contribution in [0.3, 0.4) is 0 Å². The Balaban J connectivity index is 1.16. The maximum Gasteiger partial charge on any atom is 0.351 e. The standard InChI is InChI=1S/C30H24N18O3/c1-15-23(27-35-17(3)43-47(27)41-15)37-39-25-19(13-33-45(25)21-9-5-7-11-31-21)29(49)51-30(50)20-14-34-46(22-10-6-8-12-32-22)26(20)40-38-24-16(2)42-48-28(24)36-18(4)44-48/h5-14H,1-4H3,(H,35,43)(H,36,44). The number of carbonyl (C=O) groups excluding carboxylic acids is 2. The third-order valence-corrected chi connectivity index (χ3v) is 7.45. The average molecular weight is 685 g/mol. The van der Waals surface area contributed by atoms with Gasteiger partial charge in [0, 0.05) is 12.4 Å². The zero-order valence-electron chi connectivity index (χ0n) is 27.2. The number of hydrogen-bond acceptors (Lipinski definition) is 15. The third-order valence-electron chi connectivity index (χ3n) is 7.45. The van der Waals surface area contributed by atoms with Gasteiger partial charge in [-0.3, -0.25) is 0 Å². The number of carbonyl (C=O) groups is 2. The van der Waals surface area contributed by atoms with Gasteiger partial charge in [0.05, 0.1) is 23.8 Å². The number of aryl methyl sites for hydroxylation is 4. The highest BCUT2D eigenvalue weighted by Crippen LogP contribution is 2.32. The number of nitrogens with zero attached hydrogens (tertiary/aromatic N) is 16. The van der Waals surface area contributed by atoms with Crippen molar-refractivity contribution >= 4 is 46.2 Å². The lowest BCUT2D eigenvalue weighted by Gasteiger charge is -2.05. The molecule has 0 unspecified atom stereocenters. The van der Waals surface area contributed by atoms with E-state index in [0.29, 0.717) is 57.3 Å². The number of esters is 2. The molecule has 8 aromatic rings. The van der Waals surface area contributed by atoms with Gasteiger partial charge in [0.25, 0.3) is 0 Å². The maximum atomic E-state index is 13.7. The highest BCUT2D eigenvalue weighted by Gasteiger charge is 2.28. The molecule has 252 valence electrons. The second kappa shape index (κ2) is 12.1. The molecule has 8 heterocycles. The van der Waals surface area contributed by atoms with E-state index in [-0.39, 0.29) is 22.8 Å². The molecular weight excluding hydrogens is 660 g/mol. The van der Waals surface area contributed by atoms with E-state index in [4.69, 9.17) is 4.74 Å². The van der Waals surface area contributed by atoms with Crippen LogP contribution in [0.1, 0.15) is 43.8 Å². The summed E-state index contributed by atoms with van der Waals surface area (Å²) in [6.45, 7) is 7.03. The van der Waals surface area contributed by atoms with Crippen LogP contribution in [0.5, 0.6) is 0 Å². The quantitative estimate of drug-likeness (QED) is 0.127. The molecule has 0 aromatic carbocycles. The van der Waals surface area contributed by atoms with E-state index in [0.717, 1.165) is 0 Å². The van der Waals surface area contributed by atoms with E-state index in [2.05, 4.69) is 71.0 Å². The Labute approximate surface area is 284 Å². The summed E-state index contributed by atoms with van der Waals surface area (Å²) < 4.78 is 10.8. The van der Waals surface area contributed by atoms with Crippen molar-refractivity contribution in [2.24, 2.45) is 20.5 Å². The zero-order chi connectivity index (χ0) is 35.2. The molecule has 21 nitrogen and oxygen atoms in total. The van der Waals surface area contributed by atoms with Crippen LogP contribution in [0.4, 0.5) is 23.0 Å². The Kier molecular flexibility index (Phi) is 7.32. The molecule has 0 saturated heterocycles. The van der Waals surface area contributed by atoms with E-state index in [1.54, 1.807) is 76.5 Å². The molecule has 0 aliphatic heterocycles. The number of hydrogen-bond donors (Lipinski definition) is 2. The van der Waals surface area contributed by atoms with E-state index in [1.807, 2.05) is 0 Å². The predicted octanol–water partition coefficient (Wildman–Crippen LogP) is 4.65. The molecule has 0 bridgehead atoms. The van der Waals surface area contributed by atoms with Crippen LogP contribution in [-0.2, 0) is 4.74 Å². The molecule has 8 rings (SSSR count). The van der Waals surface area contributed by atoms with Gasteiger partial charge in [-0.2, -0.15) is 29.8 Å². The molecule has 0 atom stereocenters. The van der Waals surface area contributed by atoms with Gasteiger partial charge in [0.2, 0.25) is 0 Å². The van der Waals surface area contributed by atoms with Crippen LogP contribution < -0.4 is 0 Å². The molecule has 0 aliphatic carbocycles. The Morgan fingerprint density at radius 2 is 1.08 bits per heavy atom. The van der Waals surface area contributed by atoms with Crippen molar-refractivity contribution in [3.8, 4) is 11.6 Å². The van der Waals surface area contributed by atoms with E-state index in [9.17, 15) is 9.59 Å². The fourth-order valence-electron chi connectivity index (χ4n) is 5.14. The van der Waals surface area contributed by atoms with Crippen LogP contribution in [0.15, 0.2) is 81.6 Å². The van der Waals surface area contributed by atoms with Crippen molar-refractivity contribution in [2.75, 3.05) is 0 Å². The van der Waals surface area contributed by atoms with Crippen molar-refractivity contribution in [3.63, 3.8) is 0 Å². The van der Waals surface area contributed by atoms with E-state index < -0.39 is 11.9 Å². The molecule has 21 heteroatoms. The number of fused-ring (bicyclic) bond motifs is 2. The summed E-state index contributed by atoms with van der Waals surface area (Å²) in [5.74, 6) is -0.342. The Morgan fingerprint density at radius 3 is 1.49 bits per heavy atom. The normalized spacial score (nSPS) is 11.9. The summed E-state index contributed by atoms with van der Waals surface area (Å²) in [6, 6.07) is 10.3. The largest absolute Gasteiger partial charge is 0.385 e. The van der Waals surface area contributed by atoms with Gasteiger partial charge in [-0.15, -0.1) is 39.9 Å². The fraction of sp³-hybridized carbons (Fsp3) is 0.133. The van der Waals surface area contributed by atoms with Crippen molar-refractivity contribution < 1.29 is 14.3 Å². The first-order chi connectivity index (χ1) is 24.7. The summed E-state index contributed by atoms with van der Waals surface area (Å²) in [5.41, 5.74) is 2.47.